The van der Waals surface area contributed by atoms with E-state index >= 15 is 0 Å². The maximum Gasteiger partial charge on any atom is 0.319 e. The van der Waals surface area contributed by atoms with Crippen molar-refractivity contribution in [3.63, 3.8) is 0 Å². The fraction of sp³-hybridized carbons (Fsp3) is 0.318. The summed E-state index contributed by atoms with van der Waals surface area (Å²) in [7, 11) is 0. The molecule has 1 unspecified atom stereocenters. The molecule has 2 rings (SSSR count). The average Bonchev–Trinajstić information content (AvgIpc) is 2.72. The summed E-state index contributed by atoms with van der Waals surface area (Å²) in [6, 6.07) is 10.4. The second kappa shape index (κ2) is 11.3. The van der Waals surface area contributed by atoms with E-state index in [1.807, 2.05) is 6.92 Å². The number of thioether (sulfide) groups is 1. The quantitative estimate of drug-likeness (QED) is 0.446. The van der Waals surface area contributed by atoms with Gasteiger partial charge in [-0.15, -0.1) is 11.8 Å². The third-order valence-corrected chi connectivity index (χ3v) is 5.18. The minimum absolute atomic E-state index is 0.0393. The number of hydrogen-bond acceptors (Lipinski definition) is 6. The molecule has 0 radical (unpaired) electrons. The highest BCUT2D eigenvalue weighted by Gasteiger charge is 2.18. The summed E-state index contributed by atoms with van der Waals surface area (Å²) in [4.78, 5) is 35.9. The van der Waals surface area contributed by atoms with Gasteiger partial charge in [-0.3, -0.25) is 14.4 Å². The molecular weight excluding hydrogens is 409 g/mol. The molecule has 2 aromatic carbocycles. The van der Waals surface area contributed by atoms with Gasteiger partial charge < -0.3 is 14.8 Å². The molecule has 30 heavy (non-hydrogen) atoms. The van der Waals surface area contributed by atoms with Crippen LogP contribution in [0.4, 0.5) is 10.1 Å². The Morgan fingerprint density at radius 2 is 1.83 bits per heavy atom. The molecule has 1 N–H and O–H groups in total. The van der Waals surface area contributed by atoms with Crippen LogP contribution in [0.1, 0.15) is 36.7 Å². The number of carbonyl (C=O) groups excluding carboxylic acids is 3. The van der Waals surface area contributed by atoms with Crippen molar-refractivity contribution >= 4 is 35.1 Å². The first kappa shape index (κ1) is 23.4. The first-order valence-electron chi connectivity index (χ1n) is 9.40. The predicted molar refractivity (Wildman–Crippen MR) is 114 cm³/mol. The standard InChI is InChI=1S/C22H24FNO5S/c1-4-28-20-10-5-16(14(2)25)11-17(20)12-29-22(27)15(3)30-13-21(26)24-19-8-6-18(23)7-9-19/h5-11,15H,4,12-13H2,1-3H3,(H,24,26). The van der Waals surface area contributed by atoms with E-state index in [1.54, 1.807) is 25.1 Å². The van der Waals surface area contributed by atoms with E-state index < -0.39 is 11.2 Å². The number of ketones is 1. The molecule has 0 aliphatic carbocycles. The summed E-state index contributed by atoms with van der Waals surface area (Å²) < 4.78 is 23.8. The Labute approximate surface area is 179 Å². The Kier molecular flexibility index (Phi) is 8.86. The topological polar surface area (TPSA) is 81.7 Å². The molecule has 1 atom stereocenters. The molecule has 0 aliphatic heterocycles. The molecule has 0 aliphatic rings. The summed E-state index contributed by atoms with van der Waals surface area (Å²) in [6.07, 6.45) is 0. The predicted octanol–water partition coefficient (Wildman–Crippen LogP) is 4.23. The van der Waals surface area contributed by atoms with Crippen LogP contribution in [-0.2, 0) is 20.9 Å². The monoisotopic (exact) mass is 433 g/mol. The van der Waals surface area contributed by atoms with Crippen LogP contribution < -0.4 is 10.1 Å². The van der Waals surface area contributed by atoms with E-state index in [4.69, 9.17) is 9.47 Å². The van der Waals surface area contributed by atoms with Crippen LogP contribution in [0.2, 0.25) is 0 Å². The van der Waals surface area contributed by atoms with Crippen molar-refractivity contribution < 1.29 is 28.2 Å². The first-order chi connectivity index (χ1) is 14.3. The van der Waals surface area contributed by atoms with Crippen molar-refractivity contribution in [1.29, 1.82) is 0 Å². The summed E-state index contributed by atoms with van der Waals surface area (Å²) in [5.41, 5.74) is 1.58. The molecule has 160 valence electrons. The summed E-state index contributed by atoms with van der Waals surface area (Å²) in [6.45, 7) is 5.34. The third-order valence-electron chi connectivity index (χ3n) is 4.06. The molecule has 1 amide bonds. The second-order valence-electron chi connectivity index (χ2n) is 6.43. The van der Waals surface area contributed by atoms with Gasteiger partial charge in [0.25, 0.3) is 0 Å². The number of halogens is 1. The van der Waals surface area contributed by atoms with E-state index in [0.29, 0.717) is 29.2 Å². The molecule has 6 nitrogen and oxygen atoms in total. The average molecular weight is 434 g/mol. The number of esters is 1. The highest BCUT2D eigenvalue weighted by Crippen LogP contribution is 2.23. The minimum atomic E-state index is -0.574. The van der Waals surface area contributed by atoms with Crippen LogP contribution in [0.5, 0.6) is 5.75 Å². The number of ether oxygens (including phenoxy) is 2. The van der Waals surface area contributed by atoms with Gasteiger partial charge in [-0.1, -0.05) is 0 Å². The van der Waals surface area contributed by atoms with Crippen LogP contribution in [0.3, 0.4) is 0 Å². The molecule has 8 heteroatoms. The number of nitrogens with one attached hydrogen (secondary N) is 1. The van der Waals surface area contributed by atoms with Gasteiger partial charge in [0.05, 0.1) is 12.4 Å². The Morgan fingerprint density at radius 1 is 1.13 bits per heavy atom. The fourth-order valence-electron chi connectivity index (χ4n) is 2.47. The molecule has 0 spiro atoms. The lowest BCUT2D eigenvalue weighted by atomic mass is 10.1. The van der Waals surface area contributed by atoms with Crippen LogP contribution in [0.15, 0.2) is 42.5 Å². The van der Waals surface area contributed by atoms with E-state index in [2.05, 4.69) is 5.32 Å². The number of hydrogen-bond donors (Lipinski definition) is 1. The van der Waals surface area contributed by atoms with Crippen molar-refractivity contribution in [2.24, 2.45) is 0 Å². The number of amides is 1. The Balaban J connectivity index is 1.86. The molecule has 2 aromatic rings. The van der Waals surface area contributed by atoms with Crippen molar-refractivity contribution in [1.82, 2.24) is 0 Å². The number of benzene rings is 2. The van der Waals surface area contributed by atoms with Crippen molar-refractivity contribution in [2.75, 3.05) is 17.7 Å². The summed E-state index contributed by atoms with van der Waals surface area (Å²) >= 11 is 1.13. The molecule has 0 bridgehead atoms. The van der Waals surface area contributed by atoms with Crippen LogP contribution in [0.25, 0.3) is 0 Å². The zero-order chi connectivity index (χ0) is 22.1. The summed E-state index contributed by atoms with van der Waals surface area (Å²) in [5.74, 6) is -0.683. The number of rotatable bonds is 10. The molecule has 0 saturated carbocycles. The maximum atomic E-state index is 12.9. The molecular formula is C22H24FNO5S. The number of Topliss-reactive ketones (excluding diaryl/α,β-unsaturated/α-hetero) is 1. The Hall–Kier alpha value is -2.87. The summed E-state index contributed by atoms with van der Waals surface area (Å²) in [5, 5.41) is 2.06. The molecule has 0 heterocycles. The van der Waals surface area contributed by atoms with E-state index in [0.717, 1.165) is 11.8 Å². The zero-order valence-corrected chi connectivity index (χ0v) is 17.9. The fourth-order valence-corrected chi connectivity index (χ4v) is 3.15. The van der Waals surface area contributed by atoms with Crippen LogP contribution in [-0.4, -0.2) is 35.3 Å². The smallest absolute Gasteiger partial charge is 0.319 e. The highest BCUT2D eigenvalue weighted by atomic mass is 32.2. The van der Waals surface area contributed by atoms with Gasteiger partial charge in [-0.2, -0.15) is 0 Å². The van der Waals surface area contributed by atoms with Crippen LogP contribution >= 0.6 is 11.8 Å². The lowest BCUT2D eigenvalue weighted by molar-refractivity contribution is -0.143. The Bertz CT molecular complexity index is 901. The van der Waals surface area contributed by atoms with Gasteiger partial charge in [0, 0.05) is 16.8 Å². The molecule has 0 aromatic heterocycles. The highest BCUT2D eigenvalue weighted by molar-refractivity contribution is 8.01. The normalized spacial score (nSPS) is 11.5. The van der Waals surface area contributed by atoms with Gasteiger partial charge in [-0.25, -0.2) is 4.39 Å². The lowest BCUT2D eigenvalue weighted by Crippen LogP contribution is -2.21. The lowest BCUT2D eigenvalue weighted by Gasteiger charge is -2.14. The van der Waals surface area contributed by atoms with Gasteiger partial charge in [0.1, 0.15) is 23.4 Å². The van der Waals surface area contributed by atoms with E-state index in [1.165, 1.54) is 31.2 Å². The van der Waals surface area contributed by atoms with Crippen molar-refractivity contribution in [2.45, 2.75) is 32.6 Å². The molecule has 0 saturated heterocycles. The zero-order valence-electron chi connectivity index (χ0n) is 17.1. The number of carbonyl (C=O) groups is 3. The SMILES string of the molecule is CCOc1ccc(C(C)=O)cc1COC(=O)C(C)SCC(=O)Nc1ccc(F)cc1. The third kappa shape index (κ3) is 7.18. The first-order valence-corrected chi connectivity index (χ1v) is 10.4. The van der Waals surface area contributed by atoms with Gasteiger partial charge in [-0.05, 0) is 63.2 Å². The largest absolute Gasteiger partial charge is 0.493 e. The second-order valence-corrected chi connectivity index (χ2v) is 7.76. The minimum Gasteiger partial charge on any atom is -0.493 e. The van der Waals surface area contributed by atoms with Crippen molar-refractivity contribution in [3.8, 4) is 5.75 Å². The number of anilines is 1. The van der Waals surface area contributed by atoms with E-state index in [9.17, 15) is 18.8 Å². The maximum absolute atomic E-state index is 12.9. The van der Waals surface area contributed by atoms with Crippen LogP contribution in [0, 0.1) is 5.82 Å². The van der Waals surface area contributed by atoms with E-state index in [-0.39, 0.29) is 29.9 Å². The van der Waals surface area contributed by atoms with Gasteiger partial charge in [0.2, 0.25) is 5.91 Å². The van der Waals surface area contributed by atoms with Gasteiger partial charge >= 0.3 is 5.97 Å². The van der Waals surface area contributed by atoms with Gasteiger partial charge in [0.15, 0.2) is 5.78 Å². The Morgan fingerprint density at radius 3 is 2.47 bits per heavy atom. The molecule has 0 fully saturated rings. The van der Waals surface area contributed by atoms with Crippen molar-refractivity contribution in [3.05, 3.63) is 59.4 Å².